The number of thiazole rings is 1. The average molecular weight is 423 g/mol. The number of hydrogen-bond donors (Lipinski definition) is 1. The molecule has 0 bridgehead atoms. The van der Waals surface area contributed by atoms with Gasteiger partial charge >= 0.3 is 0 Å². The van der Waals surface area contributed by atoms with E-state index in [-0.39, 0.29) is 18.9 Å². The Morgan fingerprint density at radius 2 is 1.96 bits per heavy atom. The topological polar surface area (TPSA) is 68.3 Å². The third kappa shape index (κ3) is 5.62. The highest BCUT2D eigenvalue weighted by Gasteiger charge is 2.15. The molecule has 0 fully saturated rings. The SMILES string of the molecule is CCc1ccc(OCCS(=O)(=O)NCc2sc(-c3cccs3)nc2C)cc1. The molecular formula is C19H22N2O3S3. The predicted octanol–water partition coefficient (Wildman–Crippen LogP) is 4.24. The van der Waals surface area contributed by atoms with Crippen LogP contribution in [0.4, 0.5) is 0 Å². The lowest BCUT2D eigenvalue weighted by Crippen LogP contribution is -2.28. The lowest BCUT2D eigenvalue weighted by atomic mass is 10.2. The van der Waals surface area contributed by atoms with Crippen molar-refractivity contribution < 1.29 is 13.2 Å². The molecule has 1 N–H and O–H groups in total. The summed E-state index contributed by atoms with van der Waals surface area (Å²) in [5, 5.41) is 2.93. The summed E-state index contributed by atoms with van der Waals surface area (Å²) >= 11 is 3.15. The first kappa shape index (κ1) is 20.0. The minimum Gasteiger partial charge on any atom is -0.492 e. The third-order valence-corrected chi connectivity index (χ3v) is 7.51. The molecule has 3 aromatic rings. The summed E-state index contributed by atoms with van der Waals surface area (Å²) in [6, 6.07) is 11.7. The zero-order chi connectivity index (χ0) is 19.3. The summed E-state index contributed by atoms with van der Waals surface area (Å²) in [4.78, 5) is 6.56. The molecule has 0 amide bonds. The molecule has 1 aromatic carbocycles. The second-order valence-electron chi connectivity index (χ2n) is 5.99. The molecule has 0 unspecified atom stereocenters. The van der Waals surface area contributed by atoms with E-state index in [0.717, 1.165) is 26.9 Å². The molecule has 5 nitrogen and oxygen atoms in total. The van der Waals surface area contributed by atoms with E-state index in [0.29, 0.717) is 5.75 Å². The fraction of sp³-hybridized carbons (Fsp3) is 0.316. The average Bonchev–Trinajstić information content (AvgIpc) is 3.30. The second kappa shape index (κ2) is 8.97. The zero-order valence-corrected chi connectivity index (χ0v) is 17.7. The number of nitrogens with one attached hydrogen (secondary N) is 1. The van der Waals surface area contributed by atoms with Crippen molar-refractivity contribution >= 4 is 32.7 Å². The highest BCUT2D eigenvalue weighted by Crippen LogP contribution is 2.31. The Balaban J connectivity index is 1.51. The smallest absolute Gasteiger partial charge is 0.215 e. The molecule has 144 valence electrons. The van der Waals surface area contributed by atoms with Gasteiger partial charge in [-0.2, -0.15) is 0 Å². The Labute approximate surface area is 168 Å². The zero-order valence-electron chi connectivity index (χ0n) is 15.3. The van der Waals surface area contributed by atoms with Gasteiger partial charge in [-0.15, -0.1) is 22.7 Å². The van der Waals surface area contributed by atoms with Crippen molar-refractivity contribution in [1.29, 1.82) is 0 Å². The van der Waals surface area contributed by atoms with Crippen LogP contribution in [0.3, 0.4) is 0 Å². The van der Waals surface area contributed by atoms with Crippen molar-refractivity contribution in [2.24, 2.45) is 0 Å². The lowest BCUT2D eigenvalue weighted by molar-refractivity contribution is 0.340. The Hall–Kier alpha value is -1.74. The number of aryl methyl sites for hydroxylation is 2. The maximum absolute atomic E-state index is 12.2. The monoisotopic (exact) mass is 422 g/mol. The number of sulfonamides is 1. The molecule has 2 heterocycles. The minimum absolute atomic E-state index is 0.0852. The van der Waals surface area contributed by atoms with Crippen molar-refractivity contribution in [3.63, 3.8) is 0 Å². The lowest BCUT2D eigenvalue weighted by Gasteiger charge is -2.08. The van der Waals surface area contributed by atoms with Crippen LogP contribution < -0.4 is 9.46 Å². The van der Waals surface area contributed by atoms with E-state index in [1.54, 1.807) is 11.3 Å². The molecule has 0 aliphatic carbocycles. The summed E-state index contributed by atoms with van der Waals surface area (Å²) in [5.41, 5.74) is 2.08. The van der Waals surface area contributed by atoms with Crippen molar-refractivity contribution in [3.05, 3.63) is 57.9 Å². The van der Waals surface area contributed by atoms with Crippen LogP contribution in [-0.2, 0) is 23.0 Å². The van der Waals surface area contributed by atoms with E-state index in [1.165, 1.54) is 16.9 Å². The summed E-state index contributed by atoms with van der Waals surface area (Å²) in [6.45, 7) is 4.36. The van der Waals surface area contributed by atoms with Gasteiger partial charge in [-0.3, -0.25) is 0 Å². The Kier molecular flexibility index (Phi) is 6.64. The Morgan fingerprint density at radius 1 is 1.19 bits per heavy atom. The fourth-order valence-corrected chi connectivity index (χ4v) is 5.14. The van der Waals surface area contributed by atoms with E-state index in [2.05, 4.69) is 16.6 Å². The maximum Gasteiger partial charge on any atom is 0.215 e. The van der Waals surface area contributed by atoms with Crippen LogP contribution in [0.15, 0.2) is 41.8 Å². The minimum atomic E-state index is -3.42. The van der Waals surface area contributed by atoms with E-state index in [1.807, 2.05) is 48.7 Å². The number of benzene rings is 1. The molecule has 0 saturated heterocycles. The quantitative estimate of drug-likeness (QED) is 0.560. The van der Waals surface area contributed by atoms with Gasteiger partial charge < -0.3 is 4.74 Å². The summed E-state index contributed by atoms with van der Waals surface area (Å²) in [6.07, 6.45) is 0.962. The standard InChI is InChI=1S/C19H22N2O3S3/c1-3-15-6-8-16(9-7-15)24-10-12-27(22,23)20-13-18-14(2)21-19(26-18)17-5-4-11-25-17/h4-9,11,20H,3,10,12-13H2,1-2H3. The van der Waals surface area contributed by atoms with Crippen LogP contribution in [-0.4, -0.2) is 25.8 Å². The van der Waals surface area contributed by atoms with Crippen LogP contribution >= 0.6 is 22.7 Å². The number of rotatable bonds is 9. The molecule has 0 spiro atoms. The molecule has 27 heavy (non-hydrogen) atoms. The van der Waals surface area contributed by atoms with Gasteiger partial charge in [-0.25, -0.2) is 18.1 Å². The molecule has 8 heteroatoms. The van der Waals surface area contributed by atoms with E-state index in [4.69, 9.17) is 4.74 Å². The molecule has 0 radical (unpaired) electrons. The number of ether oxygens (including phenoxy) is 1. The van der Waals surface area contributed by atoms with E-state index >= 15 is 0 Å². The Bertz CT molecular complexity index is 962. The predicted molar refractivity (Wildman–Crippen MR) is 112 cm³/mol. The third-order valence-electron chi connectivity index (χ3n) is 4.03. The van der Waals surface area contributed by atoms with Crippen LogP contribution in [0.2, 0.25) is 0 Å². The van der Waals surface area contributed by atoms with Crippen LogP contribution in [0.1, 0.15) is 23.1 Å². The first-order chi connectivity index (χ1) is 13.0. The Morgan fingerprint density at radius 3 is 2.63 bits per heavy atom. The molecule has 0 aliphatic rings. The van der Waals surface area contributed by atoms with E-state index < -0.39 is 10.0 Å². The fourth-order valence-electron chi connectivity index (χ4n) is 2.44. The molecule has 0 aliphatic heterocycles. The van der Waals surface area contributed by atoms with Gasteiger partial charge in [0.05, 0.1) is 16.3 Å². The van der Waals surface area contributed by atoms with Crippen molar-refractivity contribution in [2.45, 2.75) is 26.8 Å². The van der Waals surface area contributed by atoms with Crippen LogP contribution in [0.5, 0.6) is 5.75 Å². The molecule has 0 saturated carbocycles. The second-order valence-corrected chi connectivity index (χ2v) is 9.95. The summed E-state index contributed by atoms with van der Waals surface area (Å²) in [7, 11) is -3.42. The van der Waals surface area contributed by atoms with Crippen LogP contribution in [0.25, 0.3) is 9.88 Å². The largest absolute Gasteiger partial charge is 0.492 e. The van der Waals surface area contributed by atoms with Gasteiger partial charge in [0, 0.05) is 11.4 Å². The van der Waals surface area contributed by atoms with Crippen LogP contribution in [0, 0.1) is 6.92 Å². The highest BCUT2D eigenvalue weighted by atomic mass is 32.2. The van der Waals surface area contributed by atoms with Crippen molar-refractivity contribution in [1.82, 2.24) is 9.71 Å². The normalized spacial score (nSPS) is 11.6. The molecular weight excluding hydrogens is 400 g/mol. The van der Waals surface area contributed by atoms with Gasteiger partial charge in [0.15, 0.2) is 0 Å². The molecule has 0 atom stereocenters. The van der Waals surface area contributed by atoms with Gasteiger partial charge in [-0.05, 0) is 42.5 Å². The number of hydrogen-bond acceptors (Lipinski definition) is 6. The number of thiophene rings is 1. The van der Waals surface area contributed by atoms with Gasteiger partial charge in [0.25, 0.3) is 0 Å². The van der Waals surface area contributed by atoms with Gasteiger partial charge in [-0.1, -0.05) is 25.1 Å². The molecule has 2 aromatic heterocycles. The number of nitrogens with zero attached hydrogens (tertiary/aromatic N) is 1. The number of aromatic nitrogens is 1. The van der Waals surface area contributed by atoms with Gasteiger partial charge in [0.1, 0.15) is 17.4 Å². The first-order valence-corrected chi connectivity index (χ1v) is 12.0. The molecule has 3 rings (SSSR count). The van der Waals surface area contributed by atoms with Crippen molar-refractivity contribution in [3.8, 4) is 15.6 Å². The first-order valence-electron chi connectivity index (χ1n) is 8.66. The van der Waals surface area contributed by atoms with E-state index in [9.17, 15) is 8.42 Å². The maximum atomic E-state index is 12.2. The van der Waals surface area contributed by atoms with Crippen molar-refractivity contribution in [2.75, 3.05) is 12.4 Å². The highest BCUT2D eigenvalue weighted by molar-refractivity contribution is 7.89. The summed E-state index contributed by atoms with van der Waals surface area (Å²) in [5.74, 6) is 0.597. The summed E-state index contributed by atoms with van der Waals surface area (Å²) < 4.78 is 32.7. The van der Waals surface area contributed by atoms with Gasteiger partial charge in [0.2, 0.25) is 10.0 Å².